The molecule has 52 valence electrons. The second-order valence-corrected chi connectivity index (χ2v) is 3.13. The molecule has 0 spiro atoms. The summed E-state index contributed by atoms with van der Waals surface area (Å²) in [6.45, 7) is 2.40. The summed E-state index contributed by atoms with van der Waals surface area (Å²) in [5.74, 6) is 0. The van der Waals surface area contributed by atoms with Gasteiger partial charge in [-0.2, -0.15) is 0 Å². The Labute approximate surface area is 56.0 Å². The molecule has 0 aromatic heterocycles. The third-order valence-corrected chi connectivity index (χ3v) is 2.11. The molecule has 1 aliphatic carbocycles. The van der Waals surface area contributed by atoms with E-state index in [4.69, 9.17) is 0 Å². The number of nitrogens with one attached hydrogen (secondary N) is 2. The Kier molecular flexibility index (Phi) is 1.44. The molecule has 2 aliphatic rings. The van der Waals surface area contributed by atoms with E-state index in [1.54, 1.807) is 0 Å². The first-order chi connectivity index (χ1) is 4.45. The van der Waals surface area contributed by atoms with E-state index in [2.05, 4.69) is 10.6 Å². The van der Waals surface area contributed by atoms with E-state index in [1.165, 1.54) is 32.4 Å². The molecule has 1 saturated carbocycles. The summed E-state index contributed by atoms with van der Waals surface area (Å²) in [6, 6.07) is 1.67. The molecule has 1 aliphatic heterocycles. The number of rotatable bonds is 2. The van der Waals surface area contributed by atoms with Crippen LogP contribution in [0.15, 0.2) is 0 Å². The third kappa shape index (κ3) is 1.43. The van der Waals surface area contributed by atoms with Crippen LogP contribution in [0.5, 0.6) is 0 Å². The molecule has 1 saturated heterocycles. The SMILES string of the molecule is C1C[C@@H](NC2CC2)CN1. The Bertz CT molecular complexity index is 93.1. The molecule has 0 radical (unpaired) electrons. The van der Waals surface area contributed by atoms with E-state index in [9.17, 15) is 0 Å². The van der Waals surface area contributed by atoms with Gasteiger partial charge >= 0.3 is 0 Å². The van der Waals surface area contributed by atoms with Gasteiger partial charge in [0, 0.05) is 18.6 Å². The van der Waals surface area contributed by atoms with E-state index in [1.807, 2.05) is 0 Å². The van der Waals surface area contributed by atoms with Gasteiger partial charge in [-0.3, -0.25) is 0 Å². The maximum absolute atomic E-state index is 3.59. The fourth-order valence-electron chi connectivity index (χ4n) is 1.38. The lowest BCUT2D eigenvalue weighted by molar-refractivity contribution is 0.544. The molecule has 1 atom stereocenters. The van der Waals surface area contributed by atoms with Gasteiger partial charge in [-0.1, -0.05) is 0 Å². The van der Waals surface area contributed by atoms with Gasteiger partial charge in [0.15, 0.2) is 0 Å². The predicted octanol–water partition coefficient (Wildman–Crippen LogP) is 0.100. The molecule has 0 aromatic carbocycles. The molecule has 2 fully saturated rings. The normalized spacial score (nSPS) is 35.3. The van der Waals surface area contributed by atoms with E-state index >= 15 is 0 Å². The topological polar surface area (TPSA) is 24.1 Å². The molecule has 9 heavy (non-hydrogen) atoms. The molecular formula is C7H14N2. The third-order valence-electron chi connectivity index (χ3n) is 2.11. The molecule has 1 heterocycles. The second-order valence-electron chi connectivity index (χ2n) is 3.13. The van der Waals surface area contributed by atoms with Crippen molar-refractivity contribution < 1.29 is 0 Å². The molecular weight excluding hydrogens is 112 g/mol. The predicted molar refractivity (Wildman–Crippen MR) is 37.4 cm³/mol. The van der Waals surface area contributed by atoms with Gasteiger partial charge in [0.25, 0.3) is 0 Å². The Morgan fingerprint density at radius 2 is 2.00 bits per heavy atom. The summed E-state index contributed by atoms with van der Waals surface area (Å²) in [5, 5.41) is 6.93. The summed E-state index contributed by atoms with van der Waals surface area (Å²) in [7, 11) is 0. The molecule has 0 aromatic rings. The molecule has 0 unspecified atom stereocenters. The highest BCUT2D eigenvalue weighted by Crippen LogP contribution is 2.20. The van der Waals surface area contributed by atoms with Crippen LogP contribution >= 0.6 is 0 Å². The summed E-state index contributed by atoms with van der Waals surface area (Å²) in [6.07, 6.45) is 4.16. The zero-order valence-electron chi connectivity index (χ0n) is 5.69. The molecule has 2 N–H and O–H groups in total. The highest BCUT2D eigenvalue weighted by molar-refractivity contribution is 4.88. The van der Waals surface area contributed by atoms with Crippen LogP contribution in [0.3, 0.4) is 0 Å². The van der Waals surface area contributed by atoms with Gasteiger partial charge in [-0.05, 0) is 25.8 Å². The van der Waals surface area contributed by atoms with Crippen molar-refractivity contribution in [2.75, 3.05) is 13.1 Å². The number of hydrogen-bond acceptors (Lipinski definition) is 2. The minimum Gasteiger partial charge on any atom is -0.315 e. The summed E-state index contributed by atoms with van der Waals surface area (Å²) >= 11 is 0. The highest BCUT2D eigenvalue weighted by atomic mass is 15.1. The van der Waals surface area contributed by atoms with Crippen LogP contribution < -0.4 is 10.6 Å². The van der Waals surface area contributed by atoms with Crippen molar-refractivity contribution >= 4 is 0 Å². The fraction of sp³-hybridized carbons (Fsp3) is 1.00. The first-order valence-electron chi connectivity index (χ1n) is 3.92. The monoisotopic (exact) mass is 126 g/mol. The van der Waals surface area contributed by atoms with E-state index in [-0.39, 0.29) is 0 Å². The molecule has 0 bridgehead atoms. The Hall–Kier alpha value is -0.0800. The smallest absolute Gasteiger partial charge is 0.0207 e. The zero-order valence-corrected chi connectivity index (χ0v) is 5.69. The van der Waals surface area contributed by atoms with Crippen molar-refractivity contribution in [1.29, 1.82) is 0 Å². The number of hydrogen-bond donors (Lipinski definition) is 2. The molecule has 2 heteroatoms. The fourth-order valence-corrected chi connectivity index (χ4v) is 1.38. The first-order valence-corrected chi connectivity index (χ1v) is 3.92. The van der Waals surface area contributed by atoms with Crippen LogP contribution in [0.4, 0.5) is 0 Å². The van der Waals surface area contributed by atoms with Crippen molar-refractivity contribution in [3.63, 3.8) is 0 Å². The van der Waals surface area contributed by atoms with E-state index < -0.39 is 0 Å². The lowest BCUT2D eigenvalue weighted by Crippen LogP contribution is -2.32. The zero-order chi connectivity index (χ0) is 6.10. The van der Waals surface area contributed by atoms with E-state index in [0.717, 1.165) is 12.1 Å². The van der Waals surface area contributed by atoms with E-state index in [0.29, 0.717) is 0 Å². The van der Waals surface area contributed by atoms with Gasteiger partial charge in [0.1, 0.15) is 0 Å². The average molecular weight is 126 g/mol. The van der Waals surface area contributed by atoms with Gasteiger partial charge in [-0.15, -0.1) is 0 Å². The van der Waals surface area contributed by atoms with Crippen molar-refractivity contribution in [2.45, 2.75) is 31.3 Å². The molecule has 2 nitrogen and oxygen atoms in total. The molecule has 0 amide bonds. The van der Waals surface area contributed by atoms with Crippen molar-refractivity contribution in [2.24, 2.45) is 0 Å². The van der Waals surface area contributed by atoms with Gasteiger partial charge in [-0.25, -0.2) is 0 Å². The van der Waals surface area contributed by atoms with Gasteiger partial charge < -0.3 is 10.6 Å². The highest BCUT2D eigenvalue weighted by Gasteiger charge is 2.25. The van der Waals surface area contributed by atoms with Crippen molar-refractivity contribution in [1.82, 2.24) is 10.6 Å². The largest absolute Gasteiger partial charge is 0.315 e. The summed E-state index contributed by atoms with van der Waals surface area (Å²) in [5.41, 5.74) is 0. The molecule has 2 rings (SSSR count). The first kappa shape index (κ1) is 5.69. The maximum Gasteiger partial charge on any atom is 0.0207 e. The van der Waals surface area contributed by atoms with Crippen LogP contribution in [-0.4, -0.2) is 25.2 Å². The summed E-state index contributed by atoms with van der Waals surface area (Å²) in [4.78, 5) is 0. The Balaban J connectivity index is 1.70. The van der Waals surface area contributed by atoms with Crippen LogP contribution in [0.25, 0.3) is 0 Å². The van der Waals surface area contributed by atoms with Crippen LogP contribution in [-0.2, 0) is 0 Å². The minimum absolute atomic E-state index is 0.789. The minimum atomic E-state index is 0.789. The Morgan fingerprint density at radius 1 is 1.11 bits per heavy atom. The standard InChI is InChI=1S/C7H14N2/c1-2-6(1)9-7-3-4-8-5-7/h6-9H,1-5H2/t7-/m1/s1. The van der Waals surface area contributed by atoms with Crippen molar-refractivity contribution in [3.8, 4) is 0 Å². The maximum atomic E-state index is 3.59. The average Bonchev–Trinajstić information content (AvgIpc) is 2.46. The second kappa shape index (κ2) is 2.27. The van der Waals surface area contributed by atoms with Crippen LogP contribution in [0, 0.1) is 0 Å². The van der Waals surface area contributed by atoms with Gasteiger partial charge in [0.05, 0.1) is 0 Å². The van der Waals surface area contributed by atoms with Crippen LogP contribution in [0.1, 0.15) is 19.3 Å². The Morgan fingerprint density at radius 3 is 2.56 bits per heavy atom. The summed E-state index contributed by atoms with van der Waals surface area (Å²) < 4.78 is 0. The van der Waals surface area contributed by atoms with Crippen molar-refractivity contribution in [3.05, 3.63) is 0 Å². The quantitative estimate of drug-likeness (QED) is 0.548. The lowest BCUT2D eigenvalue weighted by atomic mass is 10.2. The van der Waals surface area contributed by atoms with Crippen LogP contribution in [0.2, 0.25) is 0 Å². The van der Waals surface area contributed by atoms with Gasteiger partial charge in [0.2, 0.25) is 0 Å². The lowest BCUT2D eigenvalue weighted by Gasteiger charge is -2.08.